The molecule has 114 valence electrons. The molecule has 0 saturated carbocycles. The normalized spacial score (nSPS) is 10.6. The van der Waals surface area contributed by atoms with E-state index in [1.165, 1.54) is 6.08 Å². The number of aryl methyl sites for hydroxylation is 1. The Morgan fingerprint density at radius 2 is 1.91 bits per heavy atom. The highest BCUT2D eigenvalue weighted by molar-refractivity contribution is 5.87. The first-order chi connectivity index (χ1) is 10.7. The zero-order chi connectivity index (χ0) is 15.8. The van der Waals surface area contributed by atoms with Crippen LogP contribution < -0.4 is 4.74 Å². The van der Waals surface area contributed by atoms with E-state index in [0.717, 1.165) is 22.4 Å². The molecule has 0 radical (unpaired) electrons. The lowest BCUT2D eigenvalue weighted by Gasteiger charge is -2.09. The van der Waals surface area contributed by atoms with Gasteiger partial charge in [0.15, 0.2) is 0 Å². The van der Waals surface area contributed by atoms with Gasteiger partial charge in [-0.15, -0.1) is 0 Å². The quantitative estimate of drug-likeness (QED) is 0.593. The Hall–Kier alpha value is -2.55. The molecule has 0 unspecified atom stereocenters. The second kappa shape index (κ2) is 8.03. The maximum Gasteiger partial charge on any atom is 0.330 e. The van der Waals surface area contributed by atoms with Gasteiger partial charge in [0, 0.05) is 6.08 Å². The minimum Gasteiger partial charge on any atom is -0.489 e. The Balaban J connectivity index is 1.99. The summed E-state index contributed by atoms with van der Waals surface area (Å²) >= 11 is 0. The summed E-state index contributed by atoms with van der Waals surface area (Å²) in [6.07, 6.45) is 3.18. The molecule has 0 amide bonds. The van der Waals surface area contributed by atoms with Crippen LogP contribution in [0.1, 0.15) is 23.6 Å². The van der Waals surface area contributed by atoms with Crippen molar-refractivity contribution in [1.82, 2.24) is 0 Å². The lowest BCUT2D eigenvalue weighted by molar-refractivity contribution is -0.137. The smallest absolute Gasteiger partial charge is 0.330 e. The summed E-state index contributed by atoms with van der Waals surface area (Å²) in [5, 5.41) is 0. The molecule has 2 aromatic rings. The third kappa shape index (κ3) is 4.77. The molecule has 0 aliphatic heterocycles. The summed E-state index contributed by atoms with van der Waals surface area (Å²) in [7, 11) is 0. The van der Waals surface area contributed by atoms with E-state index in [1.807, 2.05) is 55.5 Å². The van der Waals surface area contributed by atoms with Crippen LogP contribution in [0.5, 0.6) is 5.75 Å². The maximum atomic E-state index is 11.3. The van der Waals surface area contributed by atoms with Gasteiger partial charge in [-0.1, -0.05) is 36.4 Å². The standard InChI is InChI=1S/C19H20O3/c1-3-21-19(20)12-10-16-9-11-18(15(2)13-16)22-14-17-7-5-4-6-8-17/h4-13H,3,14H2,1-2H3. The van der Waals surface area contributed by atoms with E-state index in [9.17, 15) is 4.79 Å². The van der Waals surface area contributed by atoms with Gasteiger partial charge in [0.1, 0.15) is 12.4 Å². The summed E-state index contributed by atoms with van der Waals surface area (Å²) in [6, 6.07) is 15.9. The Labute approximate surface area is 131 Å². The molecule has 0 aromatic heterocycles. The fourth-order valence-electron chi connectivity index (χ4n) is 2.03. The van der Waals surface area contributed by atoms with E-state index in [1.54, 1.807) is 13.0 Å². The van der Waals surface area contributed by atoms with Gasteiger partial charge in [0.05, 0.1) is 6.61 Å². The van der Waals surface area contributed by atoms with Crippen molar-refractivity contribution >= 4 is 12.0 Å². The summed E-state index contributed by atoms with van der Waals surface area (Å²) < 4.78 is 10.7. The molecule has 0 spiro atoms. The third-order valence-corrected chi connectivity index (χ3v) is 3.13. The number of hydrogen-bond acceptors (Lipinski definition) is 3. The van der Waals surface area contributed by atoms with Crippen molar-refractivity contribution in [2.75, 3.05) is 6.61 Å². The van der Waals surface area contributed by atoms with E-state index in [4.69, 9.17) is 9.47 Å². The van der Waals surface area contributed by atoms with Crippen molar-refractivity contribution in [1.29, 1.82) is 0 Å². The third-order valence-electron chi connectivity index (χ3n) is 3.13. The zero-order valence-electron chi connectivity index (χ0n) is 12.9. The van der Waals surface area contributed by atoms with Gasteiger partial charge >= 0.3 is 5.97 Å². The molecule has 0 heterocycles. The predicted octanol–water partition coefficient (Wildman–Crippen LogP) is 4.15. The first-order valence-corrected chi connectivity index (χ1v) is 7.31. The molecule has 2 rings (SSSR count). The highest BCUT2D eigenvalue weighted by atomic mass is 16.5. The van der Waals surface area contributed by atoms with Gasteiger partial charge in [-0.3, -0.25) is 0 Å². The van der Waals surface area contributed by atoms with Crippen molar-refractivity contribution in [2.24, 2.45) is 0 Å². The zero-order valence-corrected chi connectivity index (χ0v) is 12.9. The van der Waals surface area contributed by atoms with Gasteiger partial charge < -0.3 is 9.47 Å². The van der Waals surface area contributed by atoms with E-state index in [2.05, 4.69) is 0 Å². The maximum absolute atomic E-state index is 11.3. The van der Waals surface area contributed by atoms with Crippen LogP contribution in [0, 0.1) is 6.92 Å². The number of hydrogen-bond donors (Lipinski definition) is 0. The van der Waals surface area contributed by atoms with Crippen LogP contribution in [0.3, 0.4) is 0 Å². The van der Waals surface area contributed by atoms with Gasteiger partial charge in [0.25, 0.3) is 0 Å². The monoisotopic (exact) mass is 296 g/mol. The SMILES string of the molecule is CCOC(=O)C=Cc1ccc(OCc2ccccc2)c(C)c1. The van der Waals surface area contributed by atoms with Crippen LogP contribution in [0.25, 0.3) is 6.08 Å². The topological polar surface area (TPSA) is 35.5 Å². The Kier molecular flexibility index (Phi) is 5.78. The highest BCUT2D eigenvalue weighted by Crippen LogP contribution is 2.21. The number of benzene rings is 2. The van der Waals surface area contributed by atoms with Crippen LogP contribution in [0.2, 0.25) is 0 Å². The van der Waals surface area contributed by atoms with E-state index >= 15 is 0 Å². The molecule has 0 aliphatic carbocycles. The molecular formula is C19H20O3. The van der Waals surface area contributed by atoms with Crippen molar-refractivity contribution in [3.8, 4) is 5.75 Å². The van der Waals surface area contributed by atoms with Crippen molar-refractivity contribution < 1.29 is 14.3 Å². The van der Waals surface area contributed by atoms with Crippen molar-refractivity contribution in [3.05, 3.63) is 71.3 Å². The average Bonchev–Trinajstić information content (AvgIpc) is 2.53. The van der Waals surface area contributed by atoms with Crippen molar-refractivity contribution in [2.45, 2.75) is 20.5 Å². The van der Waals surface area contributed by atoms with Crippen LogP contribution in [0.15, 0.2) is 54.6 Å². The molecule has 0 aliphatic rings. The molecule has 3 nitrogen and oxygen atoms in total. The van der Waals surface area contributed by atoms with Gasteiger partial charge in [-0.25, -0.2) is 4.79 Å². The van der Waals surface area contributed by atoms with E-state index < -0.39 is 0 Å². The minimum absolute atomic E-state index is 0.329. The molecular weight excluding hydrogens is 276 g/mol. The molecule has 2 aromatic carbocycles. The van der Waals surface area contributed by atoms with Crippen molar-refractivity contribution in [3.63, 3.8) is 0 Å². The molecule has 0 N–H and O–H groups in total. The average molecular weight is 296 g/mol. The second-order valence-electron chi connectivity index (χ2n) is 4.88. The Bertz CT molecular complexity index is 645. The van der Waals surface area contributed by atoms with Gasteiger partial charge in [-0.05, 0) is 48.7 Å². The molecule has 0 fully saturated rings. The Morgan fingerprint density at radius 1 is 1.14 bits per heavy atom. The number of esters is 1. The number of carbonyl (C=O) groups excluding carboxylic acids is 1. The molecule has 0 saturated heterocycles. The predicted molar refractivity (Wildman–Crippen MR) is 87.6 cm³/mol. The highest BCUT2D eigenvalue weighted by Gasteiger charge is 2.01. The van der Waals surface area contributed by atoms with Crippen LogP contribution in [-0.4, -0.2) is 12.6 Å². The molecule has 3 heteroatoms. The summed E-state index contributed by atoms with van der Waals surface area (Å²) in [5.41, 5.74) is 3.10. The number of carbonyl (C=O) groups is 1. The van der Waals surface area contributed by atoms with Gasteiger partial charge in [0.2, 0.25) is 0 Å². The van der Waals surface area contributed by atoms with E-state index in [0.29, 0.717) is 13.2 Å². The molecule has 0 atom stereocenters. The number of ether oxygens (including phenoxy) is 2. The summed E-state index contributed by atoms with van der Waals surface area (Å²) in [4.78, 5) is 11.3. The fraction of sp³-hybridized carbons (Fsp3) is 0.211. The van der Waals surface area contributed by atoms with Crippen LogP contribution in [-0.2, 0) is 16.1 Å². The second-order valence-corrected chi connectivity index (χ2v) is 4.88. The van der Waals surface area contributed by atoms with Crippen LogP contribution in [0.4, 0.5) is 0 Å². The van der Waals surface area contributed by atoms with Gasteiger partial charge in [-0.2, -0.15) is 0 Å². The summed E-state index contributed by atoms with van der Waals surface area (Å²) in [5.74, 6) is 0.515. The van der Waals surface area contributed by atoms with E-state index in [-0.39, 0.29) is 5.97 Å². The minimum atomic E-state index is -0.329. The first kappa shape index (κ1) is 15.8. The lowest BCUT2D eigenvalue weighted by Crippen LogP contribution is -1.99. The lowest BCUT2D eigenvalue weighted by atomic mass is 10.1. The molecule has 22 heavy (non-hydrogen) atoms. The number of rotatable bonds is 6. The van der Waals surface area contributed by atoms with Crippen LogP contribution >= 0.6 is 0 Å². The Morgan fingerprint density at radius 3 is 2.59 bits per heavy atom. The largest absolute Gasteiger partial charge is 0.489 e. The molecule has 0 bridgehead atoms. The summed E-state index contributed by atoms with van der Waals surface area (Å²) in [6.45, 7) is 4.70. The fourth-order valence-corrected chi connectivity index (χ4v) is 2.03. The first-order valence-electron chi connectivity index (χ1n) is 7.31.